The lowest BCUT2D eigenvalue weighted by Crippen LogP contribution is -2.50. The van der Waals surface area contributed by atoms with Crippen molar-refractivity contribution in [3.63, 3.8) is 0 Å². The molecule has 2 amide bonds. The molecule has 0 bridgehead atoms. The van der Waals surface area contributed by atoms with Gasteiger partial charge in [0.15, 0.2) is 0 Å². The van der Waals surface area contributed by atoms with Crippen LogP contribution < -0.4 is 9.64 Å². The van der Waals surface area contributed by atoms with E-state index in [1.54, 1.807) is 12.0 Å². The molecule has 7 heteroatoms. The number of anilines is 1. The zero-order chi connectivity index (χ0) is 23.7. The van der Waals surface area contributed by atoms with E-state index < -0.39 is 0 Å². The summed E-state index contributed by atoms with van der Waals surface area (Å²) >= 11 is 0. The number of aryl methyl sites for hydroxylation is 1. The zero-order valence-electron chi connectivity index (χ0n) is 19.7. The van der Waals surface area contributed by atoms with Crippen molar-refractivity contribution in [3.05, 3.63) is 65.9 Å². The van der Waals surface area contributed by atoms with Crippen LogP contribution in [0.3, 0.4) is 0 Å². The molecule has 0 radical (unpaired) electrons. The number of hydrogen-bond acceptors (Lipinski definition) is 5. The van der Waals surface area contributed by atoms with Gasteiger partial charge in [-0.25, -0.2) is 0 Å². The Hall–Kier alpha value is -3.45. The van der Waals surface area contributed by atoms with Crippen molar-refractivity contribution in [2.24, 2.45) is 5.92 Å². The molecule has 0 saturated carbocycles. The Bertz CT molecular complexity index is 1210. The van der Waals surface area contributed by atoms with E-state index in [2.05, 4.69) is 34.1 Å². The smallest absolute Gasteiger partial charge is 0.228 e. The fourth-order valence-corrected chi connectivity index (χ4v) is 5.04. The second-order valence-electron chi connectivity index (χ2n) is 9.17. The molecule has 3 aromatic rings. The topological polar surface area (TPSA) is 66.0 Å². The molecule has 176 valence electrons. The summed E-state index contributed by atoms with van der Waals surface area (Å²) < 4.78 is 5.46. The van der Waals surface area contributed by atoms with Crippen LogP contribution in [-0.2, 0) is 16.1 Å². The predicted octanol–water partition coefficient (Wildman–Crippen LogP) is 3.25. The molecule has 1 unspecified atom stereocenters. The number of amides is 2. The normalized spacial score (nSPS) is 19.1. The van der Waals surface area contributed by atoms with Crippen LogP contribution in [0.5, 0.6) is 5.75 Å². The van der Waals surface area contributed by atoms with Gasteiger partial charge in [-0.1, -0.05) is 30.3 Å². The van der Waals surface area contributed by atoms with Gasteiger partial charge in [0.2, 0.25) is 11.8 Å². The summed E-state index contributed by atoms with van der Waals surface area (Å²) in [6.45, 7) is 6.18. The number of rotatable bonds is 5. The van der Waals surface area contributed by atoms with Crippen molar-refractivity contribution in [2.75, 3.05) is 44.7 Å². The molecular formula is C27H30N4O3. The van der Waals surface area contributed by atoms with E-state index in [1.807, 2.05) is 42.3 Å². The fraction of sp³-hybridized carbons (Fsp3) is 0.370. The number of fused-ring (bicyclic) bond motifs is 1. The van der Waals surface area contributed by atoms with Crippen LogP contribution in [0, 0.1) is 12.8 Å². The van der Waals surface area contributed by atoms with Gasteiger partial charge in [-0.15, -0.1) is 0 Å². The Morgan fingerprint density at radius 2 is 1.88 bits per heavy atom. The number of carbonyl (C=O) groups excluding carboxylic acids is 2. The van der Waals surface area contributed by atoms with Gasteiger partial charge >= 0.3 is 0 Å². The van der Waals surface area contributed by atoms with Gasteiger partial charge in [0, 0.05) is 57.3 Å². The number of nitrogens with zero attached hydrogens (tertiary/aromatic N) is 4. The summed E-state index contributed by atoms with van der Waals surface area (Å²) in [7, 11) is 1.60. The molecule has 0 aliphatic carbocycles. The van der Waals surface area contributed by atoms with E-state index in [1.165, 1.54) is 5.56 Å². The fourth-order valence-electron chi connectivity index (χ4n) is 5.04. The molecule has 1 atom stereocenters. The van der Waals surface area contributed by atoms with Gasteiger partial charge in [-0.2, -0.15) is 0 Å². The van der Waals surface area contributed by atoms with E-state index in [0.717, 1.165) is 41.8 Å². The first-order valence-corrected chi connectivity index (χ1v) is 11.8. The number of hydrogen-bond donors (Lipinski definition) is 0. The maximum Gasteiger partial charge on any atom is 0.228 e. The Morgan fingerprint density at radius 3 is 2.68 bits per heavy atom. The number of ether oxygens (including phenoxy) is 1. The molecule has 0 spiro atoms. The molecule has 2 saturated heterocycles. The Kier molecular flexibility index (Phi) is 6.20. The van der Waals surface area contributed by atoms with Gasteiger partial charge < -0.3 is 14.5 Å². The molecule has 7 nitrogen and oxygen atoms in total. The van der Waals surface area contributed by atoms with Crippen LogP contribution >= 0.6 is 0 Å². The van der Waals surface area contributed by atoms with Crippen LogP contribution in [0.1, 0.15) is 17.5 Å². The van der Waals surface area contributed by atoms with Crippen LogP contribution in [0.15, 0.2) is 54.7 Å². The molecular weight excluding hydrogens is 428 g/mol. The zero-order valence-corrected chi connectivity index (χ0v) is 19.7. The number of benzene rings is 2. The van der Waals surface area contributed by atoms with Crippen LogP contribution in [0.4, 0.5) is 5.69 Å². The third kappa shape index (κ3) is 4.35. The Balaban J connectivity index is 1.21. The molecule has 3 heterocycles. The molecule has 2 fully saturated rings. The molecule has 2 aliphatic heterocycles. The lowest BCUT2D eigenvalue weighted by Gasteiger charge is -2.36. The van der Waals surface area contributed by atoms with Gasteiger partial charge in [0.05, 0.1) is 24.2 Å². The number of pyridine rings is 1. The highest BCUT2D eigenvalue weighted by Gasteiger charge is 2.38. The highest BCUT2D eigenvalue weighted by molar-refractivity contribution is 6.01. The lowest BCUT2D eigenvalue weighted by molar-refractivity contribution is -0.137. The standard InChI is InChI=1S/C27H30N4O3/c1-19-8-9-24(34-2)23(15-19)31-18-22(16-25(31)32)27(33)30-13-11-29(12-14-30)17-21-6-3-5-20-7-4-10-28-26(20)21/h3-10,15,22H,11-14,16-18H2,1-2H3. The minimum absolute atomic E-state index is 0.0238. The third-order valence-corrected chi connectivity index (χ3v) is 6.89. The molecule has 5 rings (SSSR count). The van der Waals surface area contributed by atoms with E-state index in [0.29, 0.717) is 25.4 Å². The monoisotopic (exact) mass is 458 g/mol. The molecule has 1 aromatic heterocycles. The van der Waals surface area contributed by atoms with Crippen molar-refractivity contribution in [2.45, 2.75) is 19.9 Å². The summed E-state index contributed by atoms with van der Waals surface area (Å²) in [6, 6.07) is 16.1. The number of carbonyl (C=O) groups is 2. The summed E-state index contributed by atoms with van der Waals surface area (Å²) in [5, 5.41) is 1.15. The second kappa shape index (κ2) is 9.43. The van der Waals surface area contributed by atoms with Crippen molar-refractivity contribution in [1.82, 2.24) is 14.8 Å². The first-order chi connectivity index (χ1) is 16.5. The molecule has 2 aromatic carbocycles. The number of para-hydroxylation sites is 1. The SMILES string of the molecule is COc1ccc(C)cc1N1CC(C(=O)N2CCN(Cc3cccc4cccnc34)CC2)CC1=O. The first-order valence-electron chi connectivity index (χ1n) is 11.8. The molecule has 0 N–H and O–H groups in total. The maximum absolute atomic E-state index is 13.3. The Labute approximate surface area is 199 Å². The number of piperazine rings is 1. The average Bonchev–Trinajstić information content (AvgIpc) is 3.25. The Morgan fingerprint density at radius 1 is 1.09 bits per heavy atom. The number of methoxy groups -OCH3 is 1. The molecule has 2 aliphatic rings. The largest absolute Gasteiger partial charge is 0.495 e. The minimum atomic E-state index is -0.313. The van der Waals surface area contributed by atoms with E-state index >= 15 is 0 Å². The minimum Gasteiger partial charge on any atom is -0.495 e. The summed E-state index contributed by atoms with van der Waals surface area (Å²) in [5.41, 5.74) is 4.05. The van der Waals surface area contributed by atoms with Gasteiger partial charge in [0.25, 0.3) is 0 Å². The van der Waals surface area contributed by atoms with E-state index in [4.69, 9.17) is 4.74 Å². The van der Waals surface area contributed by atoms with Crippen molar-refractivity contribution in [3.8, 4) is 5.75 Å². The van der Waals surface area contributed by atoms with Gasteiger partial charge in [0.1, 0.15) is 5.75 Å². The van der Waals surface area contributed by atoms with E-state index in [-0.39, 0.29) is 24.2 Å². The van der Waals surface area contributed by atoms with Crippen LogP contribution in [-0.4, -0.2) is 66.4 Å². The predicted molar refractivity (Wildman–Crippen MR) is 132 cm³/mol. The van der Waals surface area contributed by atoms with Crippen molar-refractivity contribution < 1.29 is 14.3 Å². The number of aromatic nitrogens is 1. The summed E-state index contributed by atoms with van der Waals surface area (Å²) in [5.74, 6) is 0.397. The third-order valence-electron chi connectivity index (χ3n) is 6.89. The van der Waals surface area contributed by atoms with Gasteiger partial charge in [-0.05, 0) is 36.2 Å². The highest BCUT2D eigenvalue weighted by atomic mass is 16.5. The lowest BCUT2D eigenvalue weighted by atomic mass is 10.1. The van der Waals surface area contributed by atoms with Crippen LogP contribution in [0.2, 0.25) is 0 Å². The summed E-state index contributed by atoms with van der Waals surface area (Å²) in [4.78, 5) is 36.6. The quantitative estimate of drug-likeness (QED) is 0.587. The highest BCUT2D eigenvalue weighted by Crippen LogP contribution is 2.34. The van der Waals surface area contributed by atoms with Gasteiger partial charge in [-0.3, -0.25) is 19.5 Å². The van der Waals surface area contributed by atoms with Crippen molar-refractivity contribution in [1.29, 1.82) is 0 Å². The molecule has 34 heavy (non-hydrogen) atoms. The van der Waals surface area contributed by atoms with E-state index in [9.17, 15) is 9.59 Å². The maximum atomic E-state index is 13.3. The second-order valence-corrected chi connectivity index (χ2v) is 9.17. The first kappa shape index (κ1) is 22.3. The summed E-state index contributed by atoms with van der Waals surface area (Å²) in [6.07, 6.45) is 2.08. The van der Waals surface area contributed by atoms with Crippen LogP contribution in [0.25, 0.3) is 10.9 Å². The van der Waals surface area contributed by atoms with Crippen molar-refractivity contribution >= 4 is 28.4 Å². The average molecular weight is 459 g/mol.